The number of nitrogens with one attached hydrogen (secondary N) is 2. The summed E-state index contributed by atoms with van der Waals surface area (Å²) in [6.07, 6.45) is 2.20. The van der Waals surface area contributed by atoms with Crippen molar-refractivity contribution in [3.8, 4) is 16.9 Å². The van der Waals surface area contributed by atoms with E-state index in [1.54, 1.807) is 30.5 Å². The van der Waals surface area contributed by atoms with Crippen molar-refractivity contribution in [3.05, 3.63) is 89.7 Å². The van der Waals surface area contributed by atoms with E-state index >= 15 is 0 Å². The van der Waals surface area contributed by atoms with Crippen LogP contribution < -0.4 is 10.6 Å². The van der Waals surface area contributed by atoms with Crippen molar-refractivity contribution < 1.29 is 13.2 Å². The van der Waals surface area contributed by atoms with Crippen LogP contribution in [-0.2, 0) is 9.84 Å². The van der Waals surface area contributed by atoms with E-state index in [4.69, 9.17) is 0 Å². The van der Waals surface area contributed by atoms with E-state index in [1.165, 1.54) is 0 Å². The topological polar surface area (TPSA) is 106 Å². The van der Waals surface area contributed by atoms with Gasteiger partial charge in [-0.2, -0.15) is 5.10 Å². The van der Waals surface area contributed by atoms with Crippen LogP contribution in [-0.4, -0.2) is 46.6 Å². The second-order valence-corrected chi connectivity index (χ2v) is 11.4. The minimum absolute atomic E-state index is 0.00267. The smallest absolute Gasteiger partial charge is 0.251 e. The molecule has 5 rings (SSSR count). The molecule has 2 aromatic carbocycles. The van der Waals surface area contributed by atoms with E-state index in [1.807, 2.05) is 41.9 Å². The number of aryl methyl sites for hydroxylation is 2. The molecule has 8 nitrogen and oxygen atoms in total. The van der Waals surface area contributed by atoms with Gasteiger partial charge in [-0.05, 0) is 80.4 Å². The highest BCUT2D eigenvalue weighted by atomic mass is 32.2. The maximum Gasteiger partial charge on any atom is 0.251 e. The number of amides is 1. The second kappa shape index (κ2) is 9.58. The molecule has 1 atom stereocenters. The normalized spacial score (nSPS) is 16.6. The van der Waals surface area contributed by atoms with Crippen LogP contribution in [0, 0.1) is 13.8 Å². The third-order valence-corrected chi connectivity index (χ3v) is 7.89. The molecule has 1 amide bonds. The van der Waals surface area contributed by atoms with Gasteiger partial charge in [0.15, 0.2) is 9.84 Å². The van der Waals surface area contributed by atoms with Crippen LogP contribution in [0.1, 0.15) is 28.0 Å². The number of aromatic nitrogens is 3. The molecule has 0 spiro atoms. The predicted octanol–water partition coefficient (Wildman–Crippen LogP) is 4.21. The predicted molar refractivity (Wildman–Crippen MR) is 141 cm³/mol. The number of carbonyl (C=O) groups excluding carboxylic acids is 1. The van der Waals surface area contributed by atoms with Gasteiger partial charge in [-0.15, -0.1) is 0 Å². The quantitative estimate of drug-likeness (QED) is 0.410. The monoisotopic (exact) mass is 501 g/mol. The van der Waals surface area contributed by atoms with Gasteiger partial charge in [0.25, 0.3) is 5.91 Å². The molecule has 0 radical (unpaired) electrons. The van der Waals surface area contributed by atoms with Crippen molar-refractivity contribution in [2.75, 3.05) is 16.8 Å². The molecule has 0 saturated carbocycles. The molecule has 1 aliphatic rings. The van der Waals surface area contributed by atoms with Crippen molar-refractivity contribution in [2.24, 2.45) is 0 Å². The summed E-state index contributed by atoms with van der Waals surface area (Å²) in [5.41, 5.74) is 6.26. The molecule has 2 aromatic heterocycles. The number of rotatable bonds is 6. The average Bonchev–Trinajstić information content (AvgIpc) is 3.41. The lowest BCUT2D eigenvalue weighted by atomic mass is 10.1. The molecule has 1 aliphatic heterocycles. The maximum atomic E-state index is 12.5. The first-order valence-electron chi connectivity index (χ1n) is 11.7. The van der Waals surface area contributed by atoms with Crippen molar-refractivity contribution >= 4 is 27.2 Å². The average molecular weight is 502 g/mol. The summed E-state index contributed by atoms with van der Waals surface area (Å²) in [5, 5.41) is 10.8. The Morgan fingerprint density at radius 1 is 1.03 bits per heavy atom. The standard InChI is InChI=1S/C27H27N5O3S/c1-18-4-3-5-24(14-18)32-25(15-19(2)31-32)21-10-12-28-26(16-21)29-22-8-6-20(7-9-22)27(33)30-23-11-13-36(34,35)17-23/h3-10,12,14-16,23H,11,13,17H2,1-2H3,(H,28,29)(H,30,33). The van der Waals surface area contributed by atoms with Gasteiger partial charge in [0.05, 0.1) is 28.6 Å². The maximum absolute atomic E-state index is 12.5. The summed E-state index contributed by atoms with van der Waals surface area (Å²) >= 11 is 0. The number of anilines is 2. The minimum atomic E-state index is -3.04. The van der Waals surface area contributed by atoms with Crippen molar-refractivity contribution in [1.29, 1.82) is 0 Å². The molecular weight excluding hydrogens is 474 g/mol. The van der Waals surface area contributed by atoms with Gasteiger partial charge in [-0.3, -0.25) is 4.79 Å². The summed E-state index contributed by atoms with van der Waals surface area (Å²) < 4.78 is 25.2. The Kier molecular flexibility index (Phi) is 6.32. The highest BCUT2D eigenvalue weighted by molar-refractivity contribution is 7.91. The zero-order chi connectivity index (χ0) is 25.3. The molecule has 1 saturated heterocycles. The van der Waals surface area contributed by atoms with Crippen molar-refractivity contribution in [2.45, 2.75) is 26.3 Å². The van der Waals surface area contributed by atoms with E-state index in [0.29, 0.717) is 17.8 Å². The SMILES string of the molecule is Cc1cccc(-n2nc(C)cc2-c2ccnc(Nc3ccc(C(=O)NC4CCS(=O)(=O)C4)cc3)c2)c1. The van der Waals surface area contributed by atoms with Crippen LogP contribution in [0.3, 0.4) is 0 Å². The Labute approximate surface area is 210 Å². The number of nitrogens with zero attached hydrogens (tertiary/aromatic N) is 3. The van der Waals surface area contributed by atoms with Crippen LogP contribution in [0.25, 0.3) is 16.9 Å². The summed E-state index contributed by atoms with van der Waals surface area (Å²) in [6, 6.07) is 20.9. The number of pyridine rings is 1. The lowest BCUT2D eigenvalue weighted by Gasteiger charge is -2.12. The number of benzene rings is 2. The summed E-state index contributed by atoms with van der Waals surface area (Å²) in [6.45, 7) is 4.03. The first-order valence-corrected chi connectivity index (χ1v) is 13.6. The second-order valence-electron chi connectivity index (χ2n) is 9.13. The first-order chi connectivity index (χ1) is 17.3. The number of carbonyl (C=O) groups is 1. The van der Waals surface area contributed by atoms with Crippen molar-refractivity contribution in [1.82, 2.24) is 20.1 Å². The number of hydrogen-bond acceptors (Lipinski definition) is 6. The largest absolute Gasteiger partial charge is 0.348 e. The molecule has 4 aromatic rings. The van der Waals surface area contributed by atoms with Crippen LogP contribution in [0.15, 0.2) is 72.9 Å². The van der Waals surface area contributed by atoms with Gasteiger partial charge in [-0.25, -0.2) is 18.1 Å². The third kappa shape index (κ3) is 5.31. The molecule has 0 bridgehead atoms. The first kappa shape index (κ1) is 23.7. The summed E-state index contributed by atoms with van der Waals surface area (Å²) in [4.78, 5) is 17.0. The van der Waals surface area contributed by atoms with Gasteiger partial charge in [-0.1, -0.05) is 12.1 Å². The lowest BCUT2D eigenvalue weighted by molar-refractivity contribution is 0.0941. The number of hydrogen-bond donors (Lipinski definition) is 2. The van der Waals surface area contributed by atoms with E-state index in [-0.39, 0.29) is 23.5 Å². The summed E-state index contributed by atoms with van der Waals surface area (Å²) in [7, 11) is -3.04. The fraction of sp³-hybridized carbons (Fsp3) is 0.222. The van der Waals surface area contributed by atoms with Gasteiger partial charge in [0, 0.05) is 29.1 Å². The van der Waals surface area contributed by atoms with E-state index in [0.717, 1.165) is 33.9 Å². The molecule has 0 aliphatic carbocycles. The van der Waals surface area contributed by atoms with E-state index < -0.39 is 9.84 Å². The van der Waals surface area contributed by atoms with Crippen molar-refractivity contribution in [3.63, 3.8) is 0 Å². The van der Waals surface area contributed by atoms with Crippen LogP contribution >= 0.6 is 0 Å². The Morgan fingerprint density at radius 2 is 1.83 bits per heavy atom. The highest BCUT2D eigenvalue weighted by Crippen LogP contribution is 2.27. The summed E-state index contributed by atoms with van der Waals surface area (Å²) in [5.74, 6) is 0.514. The van der Waals surface area contributed by atoms with E-state index in [2.05, 4.69) is 39.8 Å². The molecule has 1 fully saturated rings. The molecule has 36 heavy (non-hydrogen) atoms. The lowest BCUT2D eigenvalue weighted by Crippen LogP contribution is -2.35. The molecule has 3 heterocycles. The van der Waals surface area contributed by atoms with E-state index in [9.17, 15) is 13.2 Å². The van der Waals surface area contributed by atoms with Crippen LogP contribution in [0.4, 0.5) is 11.5 Å². The Bertz CT molecular complexity index is 1530. The van der Waals surface area contributed by atoms with Gasteiger partial charge in [0.1, 0.15) is 5.82 Å². The molecule has 1 unspecified atom stereocenters. The molecule has 9 heteroatoms. The zero-order valence-electron chi connectivity index (χ0n) is 20.1. The Hall–Kier alpha value is -3.98. The third-order valence-electron chi connectivity index (χ3n) is 6.12. The Balaban J connectivity index is 1.31. The van der Waals surface area contributed by atoms with Crippen LogP contribution in [0.2, 0.25) is 0 Å². The van der Waals surface area contributed by atoms with Gasteiger partial charge >= 0.3 is 0 Å². The zero-order valence-corrected chi connectivity index (χ0v) is 20.9. The molecular formula is C27H27N5O3S. The molecule has 2 N–H and O–H groups in total. The highest BCUT2D eigenvalue weighted by Gasteiger charge is 2.29. The van der Waals surface area contributed by atoms with Gasteiger partial charge in [0.2, 0.25) is 0 Å². The fourth-order valence-electron chi connectivity index (χ4n) is 4.35. The molecule has 184 valence electrons. The van der Waals surface area contributed by atoms with Crippen LogP contribution in [0.5, 0.6) is 0 Å². The van der Waals surface area contributed by atoms with Gasteiger partial charge < -0.3 is 10.6 Å². The fourth-order valence-corrected chi connectivity index (χ4v) is 6.02. The number of sulfone groups is 1. The Morgan fingerprint density at radius 3 is 2.56 bits per heavy atom. The minimum Gasteiger partial charge on any atom is -0.348 e.